The van der Waals surface area contributed by atoms with Crippen molar-refractivity contribution in [3.63, 3.8) is 0 Å². The number of hydrogen-bond acceptors (Lipinski definition) is 4. The minimum absolute atomic E-state index is 0.0483. The molecule has 2 heterocycles. The van der Waals surface area contributed by atoms with Gasteiger partial charge in [0.1, 0.15) is 0 Å². The molecule has 1 amide bonds. The lowest BCUT2D eigenvalue weighted by molar-refractivity contribution is -0.130. The first-order valence-corrected chi connectivity index (χ1v) is 8.78. The van der Waals surface area contributed by atoms with E-state index in [9.17, 15) is 4.79 Å². The zero-order valence-electron chi connectivity index (χ0n) is 15.1. The van der Waals surface area contributed by atoms with Crippen LogP contribution >= 0.6 is 12.2 Å². The van der Waals surface area contributed by atoms with Gasteiger partial charge in [0.15, 0.2) is 10.6 Å². The molecule has 0 atom stereocenters. The number of hydrogen-bond donors (Lipinski definition) is 1. The second-order valence-electron chi connectivity index (χ2n) is 6.40. The van der Waals surface area contributed by atoms with Crippen LogP contribution in [-0.4, -0.2) is 42.4 Å². The number of carbonyl (C=O) groups excluding carboxylic acids is 1. The predicted molar refractivity (Wildman–Crippen MR) is 102 cm³/mol. The van der Waals surface area contributed by atoms with E-state index in [2.05, 4.69) is 21.4 Å². The first kappa shape index (κ1) is 18.1. The SMILES string of the molecule is Cc1cccc(-c2n[nH]c(=S)n2CCC(=O)N(C)Cc2cnn(C)c2)c1. The van der Waals surface area contributed by atoms with Gasteiger partial charge in [-0.25, -0.2) is 0 Å². The van der Waals surface area contributed by atoms with Crippen LogP contribution in [0.5, 0.6) is 0 Å². The Morgan fingerprint density at radius 3 is 2.88 bits per heavy atom. The maximum atomic E-state index is 12.5. The Hall–Kier alpha value is -2.74. The minimum atomic E-state index is 0.0483. The smallest absolute Gasteiger partial charge is 0.224 e. The molecule has 0 unspecified atom stereocenters. The molecule has 0 bridgehead atoms. The average Bonchev–Trinajstić information content (AvgIpc) is 3.18. The third-order valence-corrected chi connectivity index (χ3v) is 4.50. The fourth-order valence-corrected chi connectivity index (χ4v) is 3.07. The van der Waals surface area contributed by atoms with E-state index in [1.165, 1.54) is 0 Å². The largest absolute Gasteiger partial charge is 0.341 e. The van der Waals surface area contributed by atoms with Crippen molar-refractivity contribution in [1.82, 2.24) is 29.4 Å². The van der Waals surface area contributed by atoms with Gasteiger partial charge in [-0.3, -0.25) is 19.1 Å². The Balaban J connectivity index is 1.69. The topological polar surface area (TPSA) is 71.7 Å². The van der Waals surface area contributed by atoms with E-state index in [4.69, 9.17) is 12.2 Å². The van der Waals surface area contributed by atoms with Crippen molar-refractivity contribution < 1.29 is 4.79 Å². The summed E-state index contributed by atoms with van der Waals surface area (Å²) in [5.41, 5.74) is 3.13. The lowest BCUT2D eigenvalue weighted by atomic mass is 10.1. The summed E-state index contributed by atoms with van der Waals surface area (Å²) < 4.78 is 4.12. The lowest BCUT2D eigenvalue weighted by Gasteiger charge is -2.16. The highest BCUT2D eigenvalue weighted by Gasteiger charge is 2.14. The highest BCUT2D eigenvalue weighted by atomic mass is 32.1. The summed E-state index contributed by atoms with van der Waals surface area (Å²) in [6.07, 6.45) is 4.03. The van der Waals surface area contributed by atoms with Crippen LogP contribution in [0.2, 0.25) is 0 Å². The number of nitrogens with one attached hydrogen (secondary N) is 1. The van der Waals surface area contributed by atoms with E-state index >= 15 is 0 Å². The normalized spacial score (nSPS) is 10.9. The van der Waals surface area contributed by atoms with Crippen molar-refractivity contribution in [3.8, 4) is 11.4 Å². The molecule has 8 heteroatoms. The first-order chi connectivity index (χ1) is 12.4. The fourth-order valence-electron chi connectivity index (χ4n) is 2.84. The van der Waals surface area contributed by atoms with E-state index in [1.54, 1.807) is 22.8 Å². The van der Waals surface area contributed by atoms with Gasteiger partial charge in [-0.15, -0.1) is 0 Å². The molecule has 136 valence electrons. The molecular formula is C18H22N6OS. The van der Waals surface area contributed by atoms with Crippen molar-refractivity contribution in [1.29, 1.82) is 0 Å². The van der Waals surface area contributed by atoms with E-state index < -0.39 is 0 Å². The summed E-state index contributed by atoms with van der Waals surface area (Å²) in [6.45, 7) is 3.05. The average molecular weight is 370 g/mol. The minimum Gasteiger partial charge on any atom is -0.341 e. The second kappa shape index (κ2) is 7.65. The van der Waals surface area contributed by atoms with E-state index in [0.717, 1.165) is 22.5 Å². The Morgan fingerprint density at radius 2 is 2.19 bits per heavy atom. The Kier molecular flexibility index (Phi) is 5.32. The van der Waals surface area contributed by atoms with Crippen LogP contribution in [0.15, 0.2) is 36.7 Å². The Morgan fingerprint density at radius 1 is 1.38 bits per heavy atom. The fraction of sp³-hybridized carbons (Fsp3) is 0.333. The number of amides is 1. The number of H-pyrrole nitrogens is 1. The van der Waals surface area contributed by atoms with Crippen molar-refractivity contribution >= 4 is 18.1 Å². The monoisotopic (exact) mass is 370 g/mol. The summed E-state index contributed by atoms with van der Waals surface area (Å²) in [4.78, 5) is 14.2. The zero-order valence-corrected chi connectivity index (χ0v) is 16.0. The number of rotatable bonds is 6. The van der Waals surface area contributed by atoms with E-state index in [1.807, 2.05) is 42.9 Å². The van der Waals surface area contributed by atoms with E-state index in [-0.39, 0.29) is 5.91 Å². The molecule has 0 radical (unpaired) electrons. The molecule has 0 saturated carbocycles. The molecule has 0 spiro atoms. The molecule has 0 aliphatic carbocycles. The molecule has 3 rings (SSSR count). The van der Waals surface area contributed by atoms with Gasteiger partial charge in [0.05, 0.1) is 6.20 Å². The van der Waals surface area contributed by atoms with Gasteiger partial charge >= 0.3 is 0 Å². The van der Waals surface area contributed by atoms with Gasteiger partial charge < -0.3 is 4.90 Å². The number of aromatic nitrogens is 5. The maximum absolute atomic E-state index is 12.5. The predicted octanol–water partition coefficient (Wildman–Crippen LogP) is 2.70. The van der Waals surface area contributed by atoms with Gasteiger partial charge in [0.2, 0.25) is 5.91 Å². The van der Waals surface area contributed by atoms with Crippen LogP contribution < -0.4 is 0 Å². The molecule has 2 aromatic heterocycles. The van der Waals surface area contributed by atoms with Crippen LogP contribution in [0.3, 0.4) is 0 Å². The number of aryl methyl sites for hydroxylation is 2. The number of aromatic amines is 1. The van der Waals surface area contributed by atoms with Gasteiger partial charge in [-0.1, -0.05) is 23.8 Å². The van der Waals surface area contributed by atoms with Gasteiger partial charge in [-0.2, -0.15) is 10.2 Å². The quantitative estimate of drug-likeness (QED) is 0.677. The number of nitrogens with zero attached hydrogens (tertiary/aromatic N) is 5. The summed E-state index contributed by atoms with van der Waals surface area (Å²) in [7, 11) is 3.66. The zero-order chi connectivity index (χ0) is 18.7. The Bertz CT molecular complexity index is 970. The molecule has 7 nitrogen and oxygen atoms in total. The summed E-state index contributed by atoms with van der Waals surface area (Å²) >= 11 is 5.34. The highest BCUT2D eigenvalue weighted by Crippen LogP contribution is 2.19. The highest BCUT2D eigenvalue weighted by molar-refractivity contribution is 7.71. The van der Waals surface area contributed by atoms with Crippen molar-refractivity contribution in [2.75, 3.05) is 7.05 Å². The van der Waals surface area contributed by atoms with Crippen molar-refractivity contribution in [3.05, 3.63) is 52.6 Å². The molecule has 1 N–H and O–H groups in total. The van der Waals surface area contributed by atoms with Crippen LogP contribution in [0.1, 0.15) is 17.5 Å². The van der Waals surface area contributed by atoms with Crippen LogP contribution in [0.4, 0.5) is 0 Å². The molecule has 0 fully saturated rings. The van der Waals surface area contributed by atoms with Crippen molar-refractivity contribution in [2.24, 2.45) is 7.05 Å². The summed E-state index contributed by atoms with van der Waals surface area (Å²) in [5, 5.41) is 11.3. The van der Waals surface area contributed by atoms with Gasteiger partial charge in [0.25, 0.3) is 0 Å². The Labute approximate surface area is 157 Å². The van der Waals surface area contributed by atoms with Gasteiger partial charge in [-0.05, 0) is 25.2 Å². The van der Waals surface area contributed by atoms with Gasteiger partial charge in [0, 0.05) is 50.9 Å². The van der Waals surface area contributed by atoms with Crippen LogP contribution in [0, 0.1) is 11.7 Å². The molecule has 0 aliphatic rings. The van der Waals surface area contributed by atoms with E-state index in [0.29, 0.717) is 24.3 Å². The third kappa shape index (κ3) is 4.08. The molecule has 3 aromatic rings. The molecule has 26 heavy (non-hydrogen) atoms. The summed E-state index contributed by atoms with van der Waals surface area (Å²) in [6, 6.07) is 8.06. The lowest BCUT2D eigenvalue weighted by Crippen LogP contribution is -2.27. The molecule has 0 saturated heterocycles. The number of benzene rings is 1. The number of carbonyl (C=O) groups is 1. The molecule has 0 aliphatic heterocycles. The van der Waals surface area contributed by atoms with Crippen LogP contribution in [0.25, 0.3) is 11.4 Å². The third-order valence-electron chi connectivity index (χ3n) is 4.19. The maximum Gasteiger partial charge on any atom is 0.224 e. The van der Waals surface area contributed by atoms with Crippen LogP contribution in [-0.2, 0) is 24.9 Å². The molecule has 1 aromatic carbocycles. The standard InChI is InChI=1S/C18H22N6OS/c1-13-5-4-6-15(9-13)17-20-21-18(26)24(17)8-7-16(25)22(2)11-14-10-19-23(3)12-14/h4-6,9-10,12H,7-8,11H2,1-3H3,(H,21,26). The second-order valence-corrected chi connectivity index (χ2v) is 6.78. The van der Waals surface area contributed by atoms with Crippen molar-refractivity contribution in [2.45, 2.75) is 26.4 Å². The summed E-state index contributed by atoms with van der Waals surface area (Å²) in [5.74, 6) is 0.800. The molecular weight excluding hydrogens is 348 g/mol. The first-order valence-electron chi connectivity index (χ1n) is 8.38.